The maximum absolute atomic E-state index is 11.0. The molecule has 0 aromatic rings. The fourth-order valence-electron chi connectivity index (χ4n) is 1.54. The van der Waals surface area contributed by atoms with Crippen LogP contribution >= 0.6 is 0 Å². The summed E-state index contributed by atoms with van der Waals surface area (Å²) in [7, 11) is -0.610. The van der Waals surface area contributed by atoms with Crippen molar-refractivity contribution in [1.29, 1.82) is 0 Å². The Morgan fingerprint density at radius 2 is 2.07 bits per heavy atom. The third kappa shape index (κ3) is 4.72. The Hall–Kier alpha value is -0.420. The topological polar surface area (TPSA) is 66.4 Å². The lowest BCUT2D eigenvalue weighted by Gasteiger charge is -2.22. The van der Waals surface area contributed by atoms with Gasteiger partial charge in [0.1, 0.15) is 0 Å². The molecule has 0 atom stereocenters. The van der Waals surface area contributed by atoms with Crippen LogP contribution in [0.2, 0.25) is 0 Å². The van der Waals surface area contributed by atoms with E-state index in [4.69, 9.17) is 5.11 Å². The van der Waals surface area contributed by atoms with E-state index in [-0.39, 0.29) is 6.42 Å². The molecule has 1 aliphatic rings. The highest BCUT2D eigenvalue weighted by Crippen LogP contribution is 2.08. The first kappa shape index (κ1) is 11.7. The Kier molecular flexibility index (Phi) is 5.11. The van der Waals surface area contributed by atoms with Crippen molar-refractivity contribution >= 4 is 16.8 Å². The van der Waals surface area contributed by atoms with Gasteiger partial charge in [0.2, 0.25) is 0 Å². The summed E-state index contributed by atoms with van der Waals surface area (Å²) in [6, 6.07) is 0.446. The van der Waals surface area contributed by atoms with Crippen molar-refractivity contribution < 1.29 is 14.1 Å². The maximum atomic E-state index is 11.0. The van der Waals surface area contributed by atoms with Gasteiger partial charge < -0.3 is 10.4 Å². The van der Waals surface area contributed by atoms with E-state index < -0.39 is 16.8 Å². The zero-order valence-corrected chi connectivity index (χ0v) is 9.02. The molecule has 1 rings (SSSR count). The van der Waals surface area contributed by atoms with Gasteiger partial charge in [-0.15, -0.1) is 0 Å². The predicted molar refractivity (Wildman–Crippen MR) is 55.8 cm³/mol. The molecule has 82 valence electrons. The lowest BCUT2D eigenvalue weighted by atomic mass is 10.1. The highest BCUT2D eigenvalue weighted by atomic mass is 32.2. The Labute approximate surface area is 86.5 Å². The second-order valence-corrected chi connectivity index (χ2v) is 5.27. The fraction of sp³-hybridized carbons (Fsp3) is 0.889. The fourth-order valence-corrected chi connectivity index (χ4v) is 2.84. The number of aliphatic carboxylic acids is 1. The van der Waals surface area contributed by atoms with Gasteiger partial charge in [0, 0.05) is 34.8 Å². The van der Waals surface area contributed by atoms with Gasteiger partial charge in [-0.2, -0.15) is 0 Å². The molecular formula is C9H17NO3S. The van der Waals surface area contributed by atoms with Gasteiger partial charge in [-0.05, 0) is 25.8 Å². The van der Waals surface area contributed by atoms with Crippen LogP contribution in [0.15, 0.2) is 0 Å². The summed E-state index contributed by atoms with van der Waals surface area (Å²) in [6.45, 7) is 0.754. The van der Waals surface area contributed by atoms with E-state index in [1.54, 1.807) is 0 Å². The predicted octanol–water partition coefficient (Wildman–Crippen LogP) is 0.352. The number of hydrogen-bond acceptors (Lipinski definition) is 3. The molecule has 2 N–H and O–H groups in total. The van der Waals surface area contributed by atoms with Gasteiger partial charge in [-0.25, -0.2) is 0 Å². The Bertz CT molecular complexity index is 210. The number of carboxylic acid groups (broad SMARTS) is 1. The average molecular weight is 219 g/mol. The average Bonchev–Trinajstić information content (AvgIpc) is 2.15. The molecule has 0 aliphatic carbocycles. The molecule has 1 saturated heterocycles. The van der Waals surface area contributed by atoms with Crippen molar-refractivity contribution in [1.82, 2.24) is 5.32 Å². The minimum atomic E-state index is -0.739. The first-order chi connectivity index (χ1) is 6.68. The van der Waals surface area contributed by atoms with Crippen molar-refractivity contribution in [3.8, 4) is 0 Å². The lowest BCUT2D eigenvalue weighted by molar-refractivity contribution is -0.137. The van der Waals surface area contributed by atoms with Crippen LogP contribution in [0.5, 0.6) is 0 Å². The molecule has 1 fully saturated rings. The van der Waals surface area contributed by atoms with E-state index in [2.05, 4.69) is 5.32 Å². The van der Waals surface area contributed by atoms with Gasteiger partial charge in [0.05, 0.1) is 0 Å². The second kappa shape index (κ2) is 6.14. The van der Waals surface area contributed by atoms with E-state index in [1.807, 2.05) is 0 Å². The summed E-state index contributed by atoms with van der Waals surface area (Å²) in [5, 5.41) is 11.7. The van der Waals surface area contributed by atoms with E-state index in [0.717, 1.165) is 30.9 Å². The van der Waals surface area contributed by atoms with Crippen LogP contribution < -0.4 is 5.32 Å². The van der Waals surface area contributed by atoms with Crippen molar-refractivity contribution in [2.75, 3.05) is 18.1 Å². The van der Waals surface area contributed by atoms with Crippen LogP contribution in [-0.4, -0.2) is 39.4 Å². The molecule has 0 aromatic carbocycles. The van der Waals surface area contributed by atoms with Gasteiger partial charge in [0.25, 0.3) is 0 Å². The minimum absolute atomic E-state index is 0.228. The highest BCUT2D eigenvalue weighted by molar-refractivity contribution is 7.85. The van der Waals surface area contributed by atoms with Crippen LogP contribution in [0.4, 0.5) is 0 Å². The minimum Gasteiger partial charge on any atom is -0.481 e. The summed E-state index contributed by atoms with van der Waals surface area (Å²) >= 11 is 0. The summed E-state index contributed by atoms with van der Waals surface area (Å²) in [5.74, 6) is 0.837. The monoisotopic (exact) mass is 219 g/mol. The van der Waals surface area contributed by atoms with E-state index in [0.29, 0.717) is 12.5 Å². The maximum Gasteiger partial charge on any atom is 0.303 e. The number of rotatable bonds is 5. The van der Waals surface area contributed by atoms with E-state index >= 15 is 0 Å². The molecule has 0 spiro atoms. The SMILES string of the molecule is O=C(O)CCCNC1CCS(=O)CC1. The van der Waals surface area contributed by atoms with Crippen molar-refractivity contribution in [3.05, 3.63) is 0 Å². The van der Waals surface area contributed by atoms with Gasteiger partial charge >= 0.3 is 5.97 Å². The first-order valence-corrected chi connectivity index (χ1v) is 6.47. The number of carboxylic acids is 1. The molecule has 1 heterocycles. The second-order valence-electron chi connectivity index (χ2n) is 3.57. The van der Waals surface area contributed by atoms with Gasteiger partial charge in [0.15, 0.2) is 0 Å². The Balaban J connectivity index is 2.02. The Morgan fingerprint density at radius 3 is 2.64 bits per heavy atom. The molecule has 1 aliphatic heterocycles. The normalized spacial score (nSPS) is 27.4. The molecule has 0 unspecified atom stereocenters. The van der Waals surface area contributed by atoms with Crippen LogP contribution in [-0.2, 0) is 15.6 Å². The van der Waals surface area contributed by atoms with Crippen molar-refractivity contribution in [3.63, 3.8) is 0 Å². The summed E-state index contributed by atoms with van der Waals surface area (Å²) in [4.78, 5) is 10.2. The Morgan fingerprint density at radius 1 is 1.43 bits per heavy atom. The van der Waals surface area contributed by atoms with E-state index in [9.17, 15) is 9.00 Å². The number of nitrogens with one attached hydrogen (secondary N) is 1. The first-order valence-electron chi connectivity index (χ1n) is 4.98. The van der Waals surface area contributed by atoms with E-state index in [1.165, 1.54) is 0 Å². The zero-order valence-electron chi connectivity index (χ0n) is 8.20. The molecule has 0 saturated carbocycles. The van der Waals surface area contributed by atoms with Crippen LogP contribution in [0.25, 0.3) is 0 Å². The quantitative estimate of drug-likeness (QED) is 0.655. The zero-order chi connectivity index (χ0) is 10.4. The molecule has 0 radical (unpaired) electrons. The molecule has 4 nitrogen and oxygen atoms in total. The van der Waals surface area contributed by atoms with Crippen LogP contribution in [0, 0.1) is 0 Å². The molecular weight excluding hydrogens is 202 g/mol. The molecule has 0 aromatic heterocycles. The third-order valence-corrected chi connectivity index (χ3v) is 3.77. The summed E-state index contributed by atoms with van der Waals surface area (Å²) in [5.41, 5.74) is 0. The number of hydrogen-bond donors (Lipinski definition) is 2. The smallest absolute Gasteiger partial charge is 0.303 e. The van der Waals surface area contributed by atoms with Gasteiger partial charge in [-0.1, -0.05) is 0 Å². The van der Waals surface area contributed by atoms with Crippen molar-refractivity contribution in [2.24, 2.45) is 0 Å². The van der Waals surface area contributed by atoms with Crippen LogP contribution in [0.3, 0.4) is 0 Å². The molecule has 0 bridgehead atoms. The number of carbonyl (C=O) groups is 1. The summed E-state index contributed by atoms with van der Waals surface area (Å²) < 4.78 is 11.0. The highest BCUT2D eigenvalue weighted by Gasteiger charge is 2.16. The molecule has 0 amide bonds. The van der Waals surface area contributed by atoms with Crippen LogP contribution in [0.1, 0.15) is 25.7 Å². The van der Waals surface area contributed by atoms with Gasteiger partial charge in [-0.3, -0.25) is 9.00 Å². The lowest BCUT2D eigenvalue weighted by Crippen LogP contribution is -2.36. The molecule has 14 heavy (non-hydrogen) atoms. The largest absolute Gasteiger partial charge is 0.481 e. The van der Waals surface area contributed by atoms with Crippen molar-refractivity contribution in [2.45, 2.75) is 31.7 Å². The third-order valence-electron chi connectivity index (χ3n) is 2.39. The molecule has 5 heteroatoms. The summed E-state index contributed by atoms with van der Waals surface area (Å²) in [6.07, 6.45) is 2.82. The standard InChI is InChI=1S/C9H17NO3S/c11-9(12)2-1-5-10-8-3-6-14(13)7-4-8/h8,10H,1-7H2,(H,11,12).